The van der Waals surface area contributed by atoms with Crippen LogP contribution < -0.4 is 10.5 Å². The van der Waals surface area contributed by atoms with Gasteiger partial charge in [-0.25, -0.2) is 4.98 Å². The molecule has 1 saturated heterocycles. The van der Waals surface area contributed by atoms with Crippen molar-refractivity contribution in [2.75, 3.05) is 31.1 Å². The highest BCUT2D eigenvalue weighted by molar-refractivity contribution is 7.20. The van der Waals surface area contributed by atoms with Gasteiger partial charge >= 0.3 is 6.18 Å². The van der Waals surface area contributed by atoms with Crippen molar-refractivity contribution in [3.63, 3.8) is 0 Å². The second-order valence-electron chi connectivity index (χ2n) is 5.90. The highest BCUT2D eigenvalue weighted by atomic mass is 32.1. The first kappa shape index (κ1) is 17.2. The Morgan fingerprint density at radius 3 is 2.75 bits per heavy atom. The maximum Gasteiger partial charge on any atom is 0.401 e. The number of anilines is 1. The van der Waals surface area contributed by atoms with Crippen LogP contribution in [0.5, 0.6) is 0 Å². The largest absolute Gasteiger partial charge is 0.401 e. The molecule has 0 bridgehead atoms. The minimum atomic E-state index is -4.19. The van der Waals surface area contributed by atoms with Crippen molar-refractivity contribution < 1.29 is 13.2 Å². The van der Waals surface area contributed by atoms with Crippen molar-refractivity contribution in [1.82, 2.24) is 19.5 Å². The normalized spacial score (nSPS) is 20.0. The lowest BCUT2D eigenvalue weighted by Gasteiger charge is -2.39. The molecule has 3 heterocycles. The van der Waals surface area contributed by atoms with Crippen LogP contribution in [0, 0.1) is 0 Å². The summed E-state index contributed by atoms with van der Waals surface area (Å²) in [6, 6.07) is 1.21. The number of fused-ring (bicyclic) bond motifs is 1. The van der Waals surface area contributed by atoms with Crippen molar-refractivity contribution in [1.29, 1.82) is 0 Å². The van der Waals surface area contributed by atoms with Gasteiger partial charge in [0.15, 0.2) is 0 Å². The first-order valence-corrected chi connectivity index (χ1v) is 8.54. The number of aryl methyl sites for hydroxylation is 1. The summed E-state index contributed by atoms with van der Waals surface area (Å²) in [6.07, 6.45) is -3.54. The molecule has 0 N–H and O–H groups in total. The van der Waals surface area contributed by atoms with E-state index in [1.54, 1.807) is 6.92 Å². The van der Waals surface area contributed by atoms with Gasteiger partial charge in [-0.15, -0.1) is 5.10 Å². The van der Waals surface area contributed by atoms with Crippen LogP contribution in [0.3, 0.4) is 0 Å². The summed E-state index contributed by atoms with van der Waals surface area (Å²) in [5.74, 6) is 0. The van der Waals surface area contributed by atoms with Crippen LogP contribution in [-0.2, 0) is 6.42 Å². The fourth-order valence-corrected chi connectivity index (χ4v) is 3.75. The van der Waals surface area contributed by atoms with Crippen LogP contribution in [0.1, 0.15) is 19.5 Å². The number of hydrogen-bond acceptors (Lipinski definition) is 6. The lowest BCUT2D eigenvalue weighted by atomic mass is 10.2. The van der Waals surface area contributed by atoms with Crippen LogP contribution >= 0.6 is 11.3 Å². The van der Waals surface area contributed by atoms with Crippen molar-refractivity contribution >= 4 is 21.4 Å². The van der Waals surface area contributed by atoms with Crippen molar-refractivity contribution in [2.24, 2.45) is 0 Å². The van der Waals surface area contributed by atoms with Gasteiger partial charge in [-0.05, 0) is 13.3 Å². The van der Waals surface area contributed by atoms with Gasteiger partial charge in [-0.2, -0.15) is 17.7 Å². The van der Waals surface area contributed by atoms with Crippen LogP contribution in [0.2, 0.25) is 0 Å². The smallest absolute Gasteiger partial charge is 0.344 e. The Kier molecular flexibility index (Phi) is 4.52. The summed E-state index contributed by atoms with van der Waals surface area (Å²) in [7, 11) is 0. The monoisotopic (exact) mass is 361 g/mol. The third-order valence-electron chi connectivity index (χ3n) is 4.07. The summed E-state index contributed by atoms with van der Waals surface area (Å²) >= 11 is 1.29. The second kappa shape index (κ2) is 6.32. The lowest BCUT2D eigenvalue weighted by Crippen LogP contribution is -2.54. The molecule has 0 radical (unpaired) electrons. The Hall–Kier alpha value is -1.68. The minimum Gasteiger partial charge on any atom is -0.344 e. The molecule has 2 aromatic rings. The maximum absolute atomic E-state index is 12.6. The summed E-state index contributed by atoms with van der Waals surface area (Å²) in [4.78, 5) is 20.3. The van der Waals surface area contributed by atoms with E-state index < -0.39 is 12.7 Å². The summed E-state index contributed by atoms with van der Waals surface area (Å²) in [5, 5.41) is 4.91. The molecule has 24 heavy (non-hydrogen) atoms. The van der Waals surface area contributed by atoms with Gasteiger partial charge in [0, 0.05) is 37.4 Å². The molecule has 0 saturated carbocycles. The molecule has 0 aliphatic carbocycles. The molecule has 10 heteroatoms. The van der Waals surface area contributed by atoms with Gasteiger partial charge in [0.25, 0.3) is 5.56 Å². The number of aromatic nitrogens is 3. The quantitative estimate of drug-likeness (QED) is 0.834. The molecular weight excluding hydrogens is 343 g/mol. The Morgan fingerprint density at radius 2 is 2.12 bits per heavy atom. The van der Waals surface area contributed by atoms with Crippen LogP contribution in [0.25, 0.3) is 4.96 Å². The van der Waals surface area contributed by atoms with E-state index in [1.807, 2.05) is 11.8 Å². The zero-order valence-electron chi connectivity index (χ0n) is 13.4. The first-order valence-electron chi connectivity index (χ1n) is 7.72. The number of rotatable bonds is 3. The van der Waals surface area contributed by atoms with E-state index in [0.29, 0.717) is 41.8 Å². The number of nitrogens with zero attached hydrogens (tertiary/aromatic N) is 5. The fraction of sp³-hybridized carbons (Fsp3) is 0.643. The van der Waals surface area contributed by atoms with Crippen molar-refractivity contribution in [3.05, 3.63) is 22.1 Å². The van der Waals surface area contributed by atoms with Crippen molar-refractivity contribution in [3.8, 4) is 0 Å². The van der Waals surface area contributed by atoms with E-state index >= 15 is 0 Å². The topological polar surface area (TPSA) is 53.7 Å². The third-order valence-corrected chi connectivity index (χ3v) is 5.04. The maximum atomic E-state index is 12.6. The van der Waals surface area contributed by atoms with Gasteiger partial charge in [0.05, 0.1) is 6.54 Å². The molecule has 1 unspecified atom stereocenters. The average Bonchev–Trinajstić information content (AvgIpc) is 2.92. The van der Waals surface area contributed by atoms with E-state index in [2.05, 4.69) is 10.1 Å². The van der Waals surface area contributed by atoms with E-state index in [-0.39, 0.29) is 11.6 Å². The summed E-state index contributed by atoms with van der Waals surface area (Å²) in [6.45, 7) is 3.97. The molecule has 1 fully saturated rings. The molecule has 0 aromatic carbocycles. The first-order chi connectivity index (χ1) is 11.3. The van der Waals surface area contributed by atoms with Crippen molar-refractivity contribution in [2.45, 2.75) is 32.5 Å². The van der Waals surface area contributed by atoms with Crippen LogP contribution in [0.15, 0.2) is 10.9 Å². The van der Waals surface area contributed by atoms with E-state index in [1.165, 1.54) is 26.8 Å². The number of hydrogen-bond donors (Lipinski definition) is 0. The zero-order valence-corrected chi connectivity index (χ0v) is 14.2. The van der Waals surface area contributed by atoms with E-state index in [4.69, 9.17) is 0 Å². The van der Waals surface area contributed by atoms with Gasteiger partial charge in [-0.1, -0.05) is 18.3 Å². The lowest BCUT2D eigenvalue weighted by molar-refractivity contribution is -0.150. The molecule has 1 atom stereocenters. The number of alkyl halides is 3. The predicted molar refractivity (Wildman–Crippen MR) is 85.8 cm³/mol. The molecule has 6 nitrogen and oxygen atoms in total. The Balaban J connectivity index is 1.80. The molecule has 1 aliphatic heterocycles. The number of piperazine rings is 1. The second-order valence-corrected chi connectivity index (χ2v) is 6.83. The molecule has 3 rings (SSSR count). The molecule has 132 valence electrons. The van der Waals surface area contributed by atoms with Gasteiger partial charge in [0.1, 0.15) is 0 Å². The Labute approximate surface area is 140 Å². The van der Waals surface area contributed by atoms with Crippen LogP contribution in [0.4, 0.5) is 18.3 Å². The van der Waals surface area contributed by atoms with Crippen LogP contribution in [-0.4, -0.2) is 57.9 Å². The summed E-state index contributed by atoms with van der Waals surface area (Å²) < 4.78 is 39.0. The molecule has 1 aliphatic rings. The Bertz CT molecular complexity index is 787. The fourth-order valence-electron chi connectivity index (χ4n) is 2.79. The highest BCUT2D eigenvalue weighted by Crippen LogP contribution is 2.26. The predicted octanol–water partition coefficient (Wildman–Crippen LogP) is 1.79. The van der Waals surface area contributed by atoms with E-state index in [9.17, 15) is 18.0 Å². The third kappa shape index (κ3) is 3.54. The SMILES string of the molecule is CCc1cc(=O)n2nc(N3CCN(CC(F)(F)F)C(C)C3)sc2n1. The minimum absolute atomic E-state index is 0.233. The Morgan fingerprint density at radius 1 is 1.38 bits per heavy atom. The van der Waals surface area contributed by atoms with Gasteiger partial charge < -0.3 is 4.90 Å². The number of halogens is 3. The molecule has 2 aromatic heterocycles. The standard InChI is InChI=1S/C14H18F3N5OS/c1-3-10-6-11(23)22-12(18-10)24-13(19-22)20-4-5-21(9(2)7-20)8-14(15,16)17/h6,9H,3-5,7-8H2,1-2H3. The zero-order chi connectivity index (χ0) is 17.5. The highest BCUT2D eigenvalue weighted by Gasteiger charge is 2.35. The molecule has 0 spiro atoms. The molecular formula is C14H18F3N5OS. The van der Waals surface area contributed by atoms with Gasteiger partial charge in [-0.3, -0.25) is 9.69 Å². The molecule has 0 amide bonds. The summed E-state index contributed by atoms with van der Waals surface area (Å²) in [5.41, 5.74) is 0.474. The average molecular weight is 361 g/mol. The van der Waals surface area contributed by atoms with E-state index in [0.717, 1.165) is 0 Å². The van der Waals surface area contributed by atoms with Gasteiger partial charge in [0.2, 0.25) is 10.1 Å².